The molecule has 0 heterocycles. The van der Waals surface area contributed by atoms with Gasteiger partial charge in [-0.05, 0) is 25.7 Å². The van der Waals surface area contributed by atoms with Crippen molar-refractivity contribution in [2.75, 3.05) is 26.2 Å². The van der Waals surface area contributed by atoms with Crippen LogP contribution in [0.4, 0.5) is 0 Å². The van der Waals surface area contributed by atoms with Crippen LogP contribution in [-0.4, -0.2) is 48.8 Å². The SMILES string of the molecule is C#C.CCCN(C=O)CCC.CCCN(C=O)CCC. The van der Waals surface area contributed by atoms with Crippen molar-refractivity contribution in [1.29, 1.82) is 0 Å². The van der Waals surface area contributed by atoms with Gasteiger partial charge in [-0.1, -0.05) is 27.7 Å². The predicted octanol–water partition coefficient (Wildman–Crippen LogP) is 2.78. The lowest BCUT2D eigenvalue weighted by molar-refractivity contribution is -0.118. The molecule has 0 aliphatic heterocycles. The largest absolute Gasteiger partial charge is 0.345 e. The van der Waals surface area contributed by atoms with Crippen LogP contribution in [0.3, 0.4) is 0 Å². The van der Waals surface area contributed by atoms with Gasteiger partial charge in [-0.25, -0.2) is 0 Å². The minimum atomic E-state index is 0.900. The molecule has 0 aromatic heterocycles. The standard InChI is InChI=1S/2C7H15NO.C2H2/c2*1-3-5-8(7-9)6-4-2;1-2/h2*7H,3-6H2,1-2H3;1-2H. The highest BCUT2D eigenvalue weighted by Gasteiger charge is 1.95. The molecule has 0 atom stereocenters. The fourth-order valence-electron chi connectivity index (χ4n) is 1.58. The molecule has 0 saturated carbocycles. The van der Waals surface area contributed by atoms with Gasteiger partial charge in [0, 0.05) is 26.2 Å². The number of terminal acetylenes is 1. The summed E-state index contributed by atoms with van der Waals surface area (Å²) in [6.07, 6.45) is 14.1. The molecule has 2 amide bonds. The van der Waals surface area contributed by atoms with Crippen molar-refractivity contribution in [3.05, 3.63) is 0 Å². The molecule has 0 aliphatic rings. The average molecular weight is 284 g/mol. The molecule has 4 nitrogen and oxygen atoms in total. The van der Waals surface area contributed by atoms with Gasteiger partial charge in [0.15, 0.2) is 0 Å². The first kappa shape index (κ1) is 23.6. The van der Waals surface area contributed by atoms with E-state index in [0.717, 1.165) is 64.7 Å². The molecule has 118 valence electrons. The number of amides is 2. The first-order valence-electron chi connectivity index (χ1n) is 7.41. The second kappa shape index (κ2) is 22.7. The Morgan fingerprint density at radius 2 is 0.850 bits per heavy atom. The summed E-state index contributed by atoms with van der Waals surface area (Å²) < 4.78 is 0. The number of rotatable bonds is 10. The molecule has 0 spiro atoms. The Morgan fingerprint density at radius 1 is 0.650 bits per heavy atom. The van der Waals surface area contributed by atoms with Crippen molar-refractivity contribution in [3.8, 4) is 12.8 Å². The minimum Gasteiger partial charge on any atom is -0.345 e. The van der Waals surface area contributed by atoms with Crippen molar-refractivity contribution in [2.45, 2.75) is 53.4 Å². The molecule has 20 heavy (non-hydrogen) atoms. The summed E-state index contributed by atoms with van der Waals surface area (Å²) in [5.41, 5.74) is 0. The Labute approximate surface area is 125 Å². The highest BCUT2D eigenvalue weighted by Crippen LogP contribution is 1.88. The maximum atomic E-state index is 10.2. The smallest absolute Gasteiger partial charge is 0.209 e. The van der Waals surface area contributed by atoms with E-state index in [1.54, 1.807) is 9.80 Å². The summed E-state index contributed by atoms with van der Waals surface area (Å²) in [4.78, 5) is 24.0. The Kier molecular flexibility index (Phi) is 26.7. The molecule has 0 radical (unpaired) electrons. The maximum absolute atomic E-state index is 10.2. The Bertz CT molecular complexity index is 186. The van der Waals surface area contributed by atoms with E-state index in [9.17, 15) is 9.59 Å². The van der Waals surface area contributed by atoms with E-state index in [1.807, 2.05) is 0 Å². The van der Waals surface area contributed by atoms with Crippen LogP contribution in [0.1, 0.15) is 53.4 Å². The van der Waals surface area contributed by atoms with Gasteiger partial charge in [0.25, 0.3) is 0 Å². The van der Waals surface area contributed by atoms with Crippen molar-refractivity contribution in [2.24, 2.45) is 0 Å². The van der Waals surface area contributed by atoms with Crippen LogP contribution in [0.5, 0.6) is 0 Å². The van der Waals surface area contributed by atoms with Crippen LogP contribution in [0.2, 0.25) is 0 Å². The summed E-state index contributed by atoms with van der Waals surface area (Å²) in [6.45, 7) is 11.9. The molecule has 0 N–H and O–H groups in total. The molecule has 0 aromatic rings. The molecule has 0 bridgehead atoms. The van der Waals surface area contributed by atoms with Crippen LogP contribution < -0.4 is 0 Å². The lowest BCUT2D eigenvalue weighted by Crippen LogP contribution is -2.23. The van der Waals surface area contributed by atoms with Crippen molar-refractivity contribution in [3.63, 3.8) is 0 Å². The Balaban J connectivity index is -0.000000257. The van der Waals surface area contributed by atoms with Gasteiger partial charge in [0.1, 0.15) is 0 Å². The van der Waals surface area contributed by atoms with Gasteiger partial charge >= 0.3 is 0 Å². The molecule has 0 rings (SSSR count). The first-order valence-corrected chi connectivity index (χ1v) is 7.41. The third-order valence-corrected chi connectivity index (χ3v) is 2.34. The molecule has 0 aromatic carbocycles. The zero-order valence-corrected chi connectivity index (χ0v) is 13.7. The number of hydrogen-bond acceptors (Lipinski definition) is 2. The van der Waals surface area contributed by atoms with E-state index in [-0.39, 0.29) is 0 Å². The van der Waals surface area contributed by atoms with Gasteiger partial charge in [0.05, 0.1) is 0 Å². The van der Waals surface area contributed by atoms with E-state index in [1.165, 1.54) is 0 Å². The fourth-order valence-corrected chi connectivity index (χ4v) is 1.58. The molecular formula is C16H32N2O2. The summed E-state index contributed by atoms with van der Waals surface area (Å²) in [5, 5.41) is 0. The second-order valence-electron chi connectivity index (χ2n) is 4.28. The third kappa shape index (κ3) is 18.9. The predicted molar refractivity (Wildman–Crippen MR) is 86.3 cm³/mol. The lowest BCUT2D eigenvalue weighted by Gasteiger charge is -2.13. The lowest BCUT2D eigenvalue weighted by atomic mass is 10.4. The topological polar surface area (TPSA) is 40.6 Å². The number of nitrogens with zero attached hydrogens (tertiary/aromatic N) is 2. The highest BCUT2D eigenvalue weighted by atomic mass is 16.1. The zero-order chi connectivity index (χ0) is 16.2. The van der Waals surface area contributed by atoms with Crippen LogP contribution in [0.25, 0.3) is 0 Å². The minimum absolute atomic E-state index is 0.900. The molecule has 0 saturated heterocycles. The van der Waals surface area contributed by atoms with Crippen LogP contribution in [-0.2, 0) is 9.59 Å². The monoisotopic (exact) mass is 284 g/mol. The summed E-state index contributed by atoms with van der Waals surface area (Å²) in [7, 11) is 0. The quantitative estimate of drug-likeness (QED) is 0.457. The second-order valence-corrected chi connectivity index (χ2v) is 4.28. The molecular weight excluding hydrogens is 252 g/mol. The zero-order valence-electron chi connectivity index (χ0n) is 13.7. The van der Waals surface area contributed by atoms with E-state index >= 15 is 0 Å². The summed E-state index contributed by atoms with van der Waals surface area (Å²) in [5.74, 6) is 0. The van der Waals surface area contributed by atoms with Crippen molar-refractivity contribution in [1.82, 2.24) is 9.80 Å². The molecule has 0 aliphatic carbocycles. The van der Waals surface area contributed by atoms with Gasteiger partial charge in [0.2, 0.25) is 12.8 Å². The van der Waals surface area contributed by atoms with Gasteiger partial charge in [-0.15, -0.1) is 12.8 Å². The van der Waals surface area contributed by atoms with Crippen molar-refractivity contribution < 1.29 is 9.59 Å². The molecule has 0 fully saturated rings. The van der Waals surface area contributed by atoms with Crippen LogP contribution >= 0.6 is 0 Å². The Morgan fingerprint density at radius 3 is 0.950 bits per heavy atom. The fraction of sp³-hybridized carbons (Fsp3) is 0.750. The Hall–Kier alpha value is -1.50. The van der Waals surface area contributed by atoms with Crippen molar-refractivity contribution >= 4 is 12.8 Å². The third-order valence-electron chi connectivity index (χ3n) is 2.34. The van der Waals surface area contributed by atoms with Gasteiger partial charge in [-0.2, -0.15) is 0 Å². The van der Waals surface area contributed by atoms with Crippen LogP contribution in [0.15, 0.2) is 0 Å². The van der Waals surface area contributed by atoms with E-state index < -0.39 is 0 Å². The first-order chi connectivity index (χ1) is 9.69. The maximum Gasteiger partial charge on any atom is 0.209 e. The number of hydrogen-bond donors (Lipinski definition) is 0. The normalized spacial score (nSPS) is 8.30. The number of carbonyl (C=O) groups is 2. The molecule has 0 unspecified atom stereocenters. The van der Waals surface area contributed by atoms with E-state index in [2.05, 4.69) is 40.5 Å². The summed E-state index contributed by atoms with van der Waals surface area (Å²) >= 11 is 0. The van der Waals surface area contributed by atoms with E-state index in [4.69, 9.17) is 0 Å². The highest BCUT2D eigenvalue weighted by molar-refractivity contribution is 5.47. The molecule has 4 heteroatoms. The van der Waals surface area contributed by atoms with Gasteiger partial charge < -0.3 is 9.80 Å². The van der Waals surface area contributed by atoms with Crippen LogP contribution in [0, 0.1) is 12.8 Å². The average Bonchev–Trinajstić information content (AvgIpc) is 2.49. The number of carbonyl (C=O) groups excluding carboxylic acids is 2. The summed E-state index contributed by atoms with van der Waals surface area (Å²) in [6, 6.07) is 0. The van der Waals surface area contributed by atoms with Gasteiger partial charge in [-0.3, -0.25) is 9.59 Å². The van der Waals surface area contributed by atoms with E-state index in [0.29, 0.717) is 0 Å².